The van der Waals surface area contributed by atoms with Gasteiger partial charge in [0, 0.05) is 5.92 Å². The zero-order valence-corrected chi connectivity index (χ0v) is 15.8. The molecule has 1 aliphatic carbocycles. The van der Waals surface area contributed by atoms with Gasteiger partial charge in [0.05, 0.1) is 13.2 Å². The zero-order valence-electron chi connectivity index (χ0n) is 14.9. The Kier molecular flexibility index (Phi) is 5.89. The van der Waals surface area contributed by atoms with Gasteiger partial charge in [0.25, 0.3) is 0 Å². The molecule has 2 atom stereocenters. The maximum Gasteiger partial charge on any atom is 0.317 e. The Hall–Kier alpha value is -2.40. The summed E-state index contributed by atoms with van der Waals surface area (Å²) in [5, 5.41) is 4.01. The van der Waals surface area contributed by atoms with Crippen LogP contribution in [0.2, 0.25) is 0 Å². The van der Waals surface area contributed by atoms with E-state index in [-0.39, 0.29) is 18.3 Å². The highest BCUT2D eigenvalue weighted by Gasteiger charge is 2.40. The minimum atomic E-state index is -0.834. The number of thiophene rings is 1. The van der Waals surface area contributed by atoms with Gasteiger partial charge in [-0.2, -0.15) is 11.3 Å². The zero-order chi connectivity index (χ0) is 18.5. The molecule has 0 amide bonds. The van der Waals surface area contributed by atoms with Crippen molar-refractivity contribution in [2.45, 2.75) is 26.2 Å². The average Bonchev–Trinajstić information content (AvgIpc) is 3.16. The molecule has 26 heavy (non-hydrogen) atoms. The third kappa shape index (κ3) is 3.73. The highest BCUT2D eigenvalue weighted by Crippen LogP contribution is 2.43. The molecule has 0 aliphatic heterocycles. The van der Waals surface area contributed by atoms with Gasteiger partial charge in [-0.05, 0) is 65.9 Å². The van der Waals surface area contributed by atoms with Crippen LogP contribution in [-0.2, 0) is 14.3 Å². The molecular formula is C21H22O4S. The third-order valence-electron chi connectivity index (χ3n) is 4.52. The SMILES string of the molecule is CCOC(=O)[C@H]1C(=O)C=C(c2ccsc2)C[C@H]1c1ccccc1OCC. The summed E-state index contributed by atoms with van der Waals surface area (Å²) in [5.41, 5.74) is 2.86. The molecular weight excluding hydrogens is 348 g/mol. The molecule has 1 heterocycles. The first kappa shape index (κ1) is 18.4. The molecule has 0 spiro atoms. The van der Waals surface area contributed by atoms with Crippen LogP contribution >= 0.6 is 11.3 Å². The van der Waals surface area contributed by atoms with Gasteiger partial charge in [0.15, 0.2) is 5.78 Å². The van der Waals surface area contributed by atoms with Crippen LogP contribution in [0.15, 0.2) is 47.2 Å². The van der Waals surface area contributed by atoms with E-state index in [1.54, 1.807) is 24.3 Å². The highest BCUT2D eigenvalue weighted by atomic mass is 32.1. The van der Waals surface area contributed by atoms with Gasteiger partial charge >= 0.3 is 5.97 Å². The van der Waals surface area contributed by atoms with Crippen molar-refractivity contribution in [3.63, 3.8) is 0 Å². The lowest BCUT2D eigenvalue weighted by Gasteiger charge is -2.30. The molecule has 3 rings (SSSR count). The lowest BCUT2D eigenvalue weighted by molar-refractivity contribution is -0.151. The van der Waals surface area contributed by atoms with E-state index in [2.05, 4.69) is 0 Å². The summed E-state index contributed by atoms with van der Waals surface area (Å²) < 4.78 is 11.0. The minimum absolute atomic E-state index is 0.202. The van der Waals surface area contributed by atoms with E-state index < -0.39 is 11.9 Å². The lowest BCUT2D eigenvalue weighted by Crippen LogP contribution is -2.34. The number of benzene rings is 1. The summed E-state index contributed by atoms with van der Waals surface area (Å²) in [6.45, 7) is 4.45. The van der Waals surface area contributed by atoms with Gasteiger partial charge in [-0.3, -0.25) is 9.59 Å². The number of allylic oxidation sites excluding steroid dienone is 2. The first-order chi connectivity index (χ1) is 12.7. The second-order valence-electron chi connectivity index (χ2n) is 6.10. The first-order valence-electron chi connectivity index (χ1n) is 8.81. The summed E-state index contributed by atoms with van der Waals surface area (Å²) in [6.07, 6.45) is 2.19. The van der Waals surface area contributed by atoms with Gasteiger partial charge in [0.2, 0.25) is 0 Å². The van der Waals surface area contributed by atoms with E-state index in [4.69, 9.17) is 9.47 Å². The topological polar surface area (TPSA) is 52.6 Å². The largest absolute Gasteiger partial charge is 0.494 e. The van der Waals surface area contributed by atoms with E-state index in [0.717, 1.165) is 16.7 Å². The minimum Gasteiger partial charge on any atom is -0.494 e. The van der Waals surface area contributed by atoms with Crippen LogP contribution in [0.3, 0.4) is 0 Å². The van der Waals surface area contributed by atoms with Crippen molar-refractivity contribution in [1.82, 2.24) is 0 Å². The van der Waals surface area contributed by atoms with E-state index in [9.17, 15) is 9.59 Å². The summed E-state index contributed by atoms with van der Waals surface area (Å²) in [6, 6.07) is 9.63. The predicted octanol–water partition coefficient (Wildman–Crippen LogP) is 4.47. The lowest BCUT2D eigenvalue weighted by atomic mass is 9.73. The molecule has 0 N–H and O–H groups in total. The number of carbonyl (C=O) groups excluding carboxylic acids is 2. The maximum absolute atomic E-state index is 12.9. The Morgan fingerprint density at radius 1 is 1.19 bits per heavy atom. The van der Waals surface area contributed by atoms with Crippen molar-refractivity contribution in [2.75, 3.05) is 13.2 Å². The van der Waals surface area contributed by atoms with Gasteiger partial charge in [-0.1, -0.05) is 18.2 Å². The fourth-order valence-electron chi connectivity index (χ4n) is 3.40. The molecule has 1 aromatic carbocycles. The van der Waals surface area contributed by atoms with Crippen molar-refractivity contribution in [1.29, 1.82) is 0 Å². The quantitative estimate of drug-likeness (QED) is 0.556. The van der Waals surface area contributed by atoms with E-state index in [1.807, 2.05) is 48.0 Å². The molecule has 0 bridgehead atoms. The number of para-hydroxylation sites is 1. The van der Waals surface area contributed by atoms with Crippen LogP contribution in [0, 0.1) is 5.92 Å². The summed E-state index contributed by atoms with van der Waals surface area (Å²) in [7, 11) is 0. The van der Waals surface area contributed by atoms with Crippen molar-refractivity contribution in [3.8, 4) is 5.75 Å². The van der Waals surface area contributed by atoms with Gasteiger partial charge < -0.3 is 9.47 Å². The Balaban J connectivity index is 2.05. The fourth-order valence-corrected chi connectivity index (χ4v) is 4.08. The van der Waals surface area contributed by atoms with Gasteiger partial charge in [-0.25, -0.2) is 0 Å². The Labute approximate surface area is 157 Å². The molecule has 4 nitrogen and oxygen atoms in total. The Morgan fingerprint density at radius 3 is 2.69 bits per heavy atom. The van der Waals surface area contributed by atoms with Crippen molar-refractivity contribution in [3.05, 3.63) is 58.3 Å². The van der Waals surface area contributed by atoms with Crippen molar-refractivity contribution in [2.24, 2.45) is 5.92 Å². The Bertz CT molecular complexity index is 807. The number of esters is 1. The van der Waals surface area contributed by atoms with E-state index in [1.165, 1.54) is 0 Å². The highest BCUT2D eigenvalue weighted by molar-refractivity contribution is 7.08. The predicted molar refractivity (Wildman–Crippen MR) is 102 cm³/mol. The molecule has 0 unspecified atom stereocenters. The number of carbonyl (C=O) groups is 2. The van der Waals surface area contributed by atoms with Crippen LogP contribution < -0.4 is 4.74 Å². The Morgan fingerprint density at radius 2 is 2.00 bits per heavy atom. The normalized spacial score (nSPS) is 19.8. The molecule has 136 valence electrons. The summed E-state index contributed by atoms with van der Waals surface area (Å²) in [4.78, 5) is 25.4. The number of ketones is 1. The van der Waals surface area contributed by atoms with Crippen LogP contribution in [0.25, 0.3) is 5.57 Å². The standard InChI is InChI=1S/C21H22O4S/c1-3-24-19-8-6-5-7-16(19)17-11-15(14-9-10-26-13-14)12-18(22)20(17)21(23)25-4-2/h5-10,12-13,17,20H,3-4,11H2,1-2H3/t17-,20+/m0/s1. The smallest absolute Gasteiger partial charge is 0.317 e. The molecule has 2 aromatic rings. The molecule has 0 radical (unpaired) electrons. The van der Waals surface area contributed by atoms with Gasteiger partial charge in [0.1, 0.15) is 11.7 Å². The molecule has 1 aliphatic rings. The van der Waals surface area contributed by atoms with Crippen molar-refractivity contribution < 1.29 is 19.1 Å². The van der Waals surface area contributed by atoms with E-state index >= 15 is 0 Å². The first-order valence-corrected chi connectivity index (χ1v) is 9.75. The van der Waals surface area contributed by atoms with Crippen LogP contribution in [0.1, 0.15) is 37.3 Å². The molecule has 0 fully saturated rings. The fraction of sp³-hybridized carbons (Fsp3) is 0.333. The number of hydrogen-bond donors (Lipinski definition) is 0. The second kappa shape index (κ2) is 8.32. The van der Waals surface area contributed by atoms with Gasteiger partial charge in [-0.15, -0.1) is 0 Å². The molecule has 0 saturated carbocycles. The maximum atomic E-state index is 12.9. The molecule has 5 heteroatoms. The monoisotopic (exact) mass is 370 g/mol. The summed E-state index contributed by atoms with van der Waals surface area (Å²) in [5.74, 6) is -1.08. The molecule has 1 aromatic heterocycles. The number of ether oxygens (including phenoxy) is 2. The number of hydrogen-bond acceptors (Lipinski definition) is 5. The van der Waals surface area contributed by atoms with Crippen LogP contribution in [-0.4, -0.2) is 25.0 Å². The van der Waals surface area contributed by atoms with Crippen LogP contribution in [0.4, 0.5) is 0 Å². The molecule has 0 saturated heterocycles. The third-order valence-corrected chi connectivity index (χ3v) is 5.20. The van der Waals surface area contributed by atoms with E-state index in [0.29, 0.717) is 18.8 Å². The summed E-state index contributed by atoms with van der Waals surface area (Å²) >= 11 is 1.59. The van der Waals surface area contributed by atoms with Crippen LogP contribution in [0.5, 0.6) is 5.75 Å². The second-order valence-corrected chi connectivity index (χ2v) is 6.88. The average molecular weight is 370 g/mol. The van der Waals surface area contributed by atoms with Crippen molar-refractivity contribution >= 4 is 28.7 Å². The number of rotatable bonds is 6.